The highest BCUT2D eigenvalue weighted by molar-refractivity contribution is 5.66. The molecule has 1 aliphatic heterocycles. The second-order valence-electron chi connectivity index (χ2n) is 10.8. The van der Waals surface area contributed by atoms with Crippen LogP contribution in [0.1, 0.15) is 50.2 Å². The van der Waals surface area contributed by atoms with Crippen LogP contribution in [0.25, 0.3) is 22.6 Å². The molecule has 1 aliphatic rings. The highest BCUT2D eigenvalue weighted by Gasteiger charge is 2.27. The van der Waals surface area contributed by atoms with Gasteiger partial charge in [-0.25, -0.2) is 14.6 Å². The van der Waals surface area contributed by atoms with Crippen LogP contribution in [-0.2, 0) is 11.3 Å². The fourth-order valence-electron chi connectivity index (χ4n) is 5.46. The first-order valence-corrected chi connectivity index (χ1v) is 14.5. The smallest absolute Gasteiger partial charge is 0.303 e. The molecule has 3 heterocycles. The minimum absolute atomic E-state index is 0.166. The predicted molar refractivity (Wildman–Crippen MR) is 161 cm³/mol. The fourth-order valence-corrected chi connectivity index (χ4v) is 5.46. The molecule has 4 aromatic rings. The Labute approximate surface area is 250 Å². The van der Waals surface area contributed by atoms with E-state index in [1.807, 2.05) is 30.3 Å². The Hall–Kier alpha value is -4.88. The van der Waals surface area contributed by atoms with Crippen LogP contribution in [0.4, 0.5) is 0 Å². The quantitative estimate of drug-likeness (QED) is 0.267. The number of aliphatic carboxylic acids is 1. The van der Waals surface area contributed by atoms with Gasteiger partial charge >= 0.3 is 5.97 Å². The molecule has 2 atom stereocenters. The number of likely N-dealkylation sites (tertiary alicyclic amines) is 1. The first kappa shape index (κ1) is 29.6. The maximum absolute atomic E-state index is 12.6. The summed E-state index contributed by atoms with van der Waals surface area (Å²) in [5.41, 5.74) is 3.35. The molecule has 5 rings (SSSR count). The predicted octanol–water partition coefficient (Wildman–Crippen LogP) is 4.77. The topological polar surface area (TPSA) is 134 Å². The highest BCUT2D eigenvalue weighted by atomic mass is 16.5. The van der Waals surface area contributed by atoms with Gasteiger partial charge in [-0.3, -0.25) is 14.5 Å². The van der Waals surface area contributed by atoms with E-state index in [0.29, 0.717) is 35.9 Å². The molecule has 0 bridgehead atoms. The summed E-state index contributed by atoms with van der Waals surface area (Å²) in [6, 6.07) is 20.5. The number of piperidine rings is 1. The Bertz CT molecular complexity index is 1660. The third kappa shape index (κ3) is 7.70. The van der Waals surface area contributed by atoms with Gasteiger partial charge in [0.05, 0.1) is 36.3 Å². The van der Waals surface area contributed by atoms with E-state index in [0.717, 1.165) is 42.5 Å². The molecule has 1 saturated heterocycles. The molecule has 0 saturated carbocycles. The molecule has 43 heavy (non-hydrogen) atoms. The van der Waals surface area contributed by atoms with Gasteiger partial charge in [-0.2, -0.15) is 10.4 Å². The number of carboxylic acids is 1. The van der Waals surface area contributed by atoms with Crippen molar-refractivity contribution in [3.05, 3.63) is 94.5 Å². The average Bonchev–Trinajstić information content (AvgIpc) is 3.04. The lowest BCUT2D eigenvalue weighted by molar-refractivity contribution is -0.137. The molecule has 2 aromatic heterocycles. The Kier molecular flexibility index (Phi) is 9.54. The molecule has 2 aromatic carbocycles. The summed E-state index contributed by atoms with van der Waals surface area (Å²) in [5.74, 6) is 0.355. The van der Waals surface area contributed by atoms with E-state index in [4.69, 9.17) is 9.84 Å². The molecule has 10 nitrogen and oxygen atoms in total. The van der Waals surface area contributed by atoms with Gasteiger partial charge in [-0.1, -0.05) is 36.8 Å². The van der Waals surface area contributed by atoms with Crippen LogP contribution in [0.15, 0.2) is 77.9 Å². The molecule has 1 fully saturated rings. The minimum Gasteiger partial charge on any atom is -0.489 e. The number of rotatable bonds is 11. The lowest BCUT2D eigenvalue weighted by Gasteiger charge is -2.39. The van der Waals surface area contributed by atoms with Crippen molar-refractivity contribution >= 4 is 5.97 Å². The summed E-state index contributed by atoms with van der Waals surface area (Å²) < 4.78 is 7.48. The zero-order chi connectivity index (χ0) is 30.2. The number of ether oxygens (including phenoxy) is 1. The van der Waals surface area contributed by atoms with Crippen molar-refractivity contribution in [1.82, 2.24) is 24.6 Å². The van der Waals surface area contributed by atoms with Gasteiger partial charge in [-0.05, 0) is 62.6 Å². The first-order chi connectivity index (χ1) is 20.9. The van der Waals surface area contributed by atoms with Crippen molar-refractivity contribution in [2.24, 2.45) is 0 Å². The number of hydrogen-bond acceptors (Lipinski definition) is 8. The van der Waals surface area contributed by atoms with Crippen LogP contribution in [0, 0.1) is 11.3 Å². The second-order valence-corrected chi connectivity index (χ2v) is 10.8. The van der Waals surface area contributed by atoms with Crippen LogP contribution in [0.3, 0.4) is 0 Å². The molecule has 0 spiro atoms. The van der Waals surface area contributed by atoms with E-state index in [2.05, 4.69) is 33.0 Å². The molecule has 0 radical (unpaired) electrons. The number of benzene rings is 2. The summed E-state index contributed by atoms with van der Waals surface area (Å²) in [5, 5.41) is 22.8. The van der Waals surface area contributed by atoms with Crippen molar-refractivity contribution in [2.45, 2.75) is 57.7 Å². The zero-order valence-electron chi connectivity index (χ0n) is 24.1. The van der Waals surface area contributed by atoms with Crippen LogP contribution >= 0.6 is 0 Å². The Morgan fingerprint density at radius 2 is 1.88 bits per heavy atom. The second kappa shape index (κ2) is 13.9. The van der Waals surface area contributed by atoms with Gasteiger partial charge in [0.25, 0.3) is 5.56 Å². The van der Waals surface area contributed by atoms with Gasteiger partial charge in [-0.15, -0.1) is 0 Å². The van der Waals surface area contributed by atoms with E-state index in [9.17, 15) is 14.9 Å². The Balaban J connectivity index is 1.24. The molecule has 10 heteroatoms. The normalized spacial score (nSPS) is 15.9. The SMILES string of the molecule is CC(CCC(=O)O)N1CCCCC1COc1cnc(-c2cccc(Cn3nc(-c4cccc(C#N)c4)ccc3=O)c2)nc1. The van der Waals surface area contributed by atoms with Crippen molar-refractivity contribution in [3.63, 3.8) is 0 Å². The summed E-state index contributed by atoms with van der Waals surface area (Å²) in [6.07, 6.45) is 7.37. The Morgan fingerprint density at radius 3 is 2.67 bits per heavy atom. The molecule has 220 valence electrons. The van der Waals surface area contributed by atoms with Gasteiger partial charge in [0.15, 0.2) is 11.6 Å². The third-order valence-electron chi connectivity index (χ3n) is 7.76. The van der Waals surface area contributed by atoms with Crippen LogP contribution in [-0.4, -0.2) is 61.0 Å². The summed E-state index contributed by atoms with van der Waals surface area (Å²) in [6.45, 7) is 3.80. The van der Waals surface area contributed by atoms with E-state index in [-0.39, 0.29) is 30.6 Å². The zero-order valence-corrected chi connectivity index (χ0v) is 24.1. The monoisotopic (exact) mass is 578 g/mol. The number of carbonyl (C=O) groups is 1. The number of carboxylic acid groups (broad SMARTS) is 1. The van der Waals surface area contributed by atoms with Gasteiger partial charge in [0.1, 0.15) is 6.61 Å². The lowest BCUT2D eigenvalue weighted by Crippen LogP contribution is -2.48. The molecular weight excluding hydrogens is 544 g/mol. The summed E-state index contributed by atoms with van der Waals surface area (Å²) in [4.78, 5) is 35.0. The minimum atomic E-state index is -0.766. The van der Waals surface area contributed by atoms with E-state index in [1.54, 1.807) is 36.7 Å². The standard InChI is InChI=1S/C33H34N6O4/c1-23(11-14-32(41)42)38-15-3-2-10-28(38)22-43-29-19-35-33(36-20-29)27-9-5-7-25(17-27)21-39-31(40)13-12-30(37-39)26-8-4-6-24(16-26)18-34/h4-9,12-13,16-17,19-20,23,28H,2-3,10-11,14-15,21-22H2,1H3,(H,41,42). The summed E-state index contributed by atoms with van der Waals surface area (Å²) in [7, 11) is 0. The molecule has 1 N–H and O–H groups in total. The van der Waals surface area contributed by atoms with E-state index in [1.165, 1.54) is 10.7 Å². The van der Waals surface area contributed by atoms with Crippen molar-refractivity contribution < 1.29 is 14.6 Å². The highest BCUT2D eigenvalue weighted by Crippen LogP contribution is 2.24. The average molecular weight is 579 g/mol. The van der Waals surface area contributed by atoms with Crippen LogP contribution < -0.4 is 10.3 Å². The van der Waals surface area contributed by atoms with E-state index < -0.39 is 5.97 Å². The maximum Gasteiger partial charge on any atom is 0.303 e. The molecule has 0 aliphatic carbocycles. The number of aromatic nitrogens is 4. The van der Waals surface area contributed by atoms with Crippen molar-refractivity contribution in [3.8, 4) is 34.5 Å². The van der Waals surface area contributed by atoms with Crippen LogP contribution in [0.5, 0.6) is 5.75 Å². The van der Waals surface area contributed by atoms with Gasteiger partial charge < -0.3 is 9.84 Å². The molecular formula is C33H34N6O4. The number of nitriles is 1. The van der Waals surface area contributed by atoms with Crippen molar-refractivity contribution in [1.29, 1.82) is 5.26 Å². The van der Waals surface area contributed by atoms with Crippen molar-refractivity contribution in [2.75, 3.05) is 13.2 Å². The number of hydrogen-bond donors (Lipinski definition) is 1. The van der Waals surface area contributed by atoms with Gasteiger partial charge in [0.2, 0.25) is 0 Å². The molecule has 2 unspecified atom stereocenters. The maximum atomic E-state index is 12.6. The first-order valence-electron chi connectivity index (χ1n) is 14.5. The van der Waals surface area contributed by atoms with E-state index >= 15 is 0 Å². The van der Waals surface area contributed by atoms with Crippen LogP contribution in [0.2, 0.25) is 0 Å². The lowest BCUT2D eigenvalue weighted by atomic mass is 9.99. The summed E-state index contributed by atoms with van der Waals surface area (Å²) >= 11 is 0. The number of nitrogens with zero attached hydrogens (tertiary/aromatic N) is 6. The van der Waals surface area contributed by atoms with Gasteiger partial charge in [0, 0.05) is 35.7 Å². The fraction of sp³-hybridized carbons (Fsp3) is 0.333. The third-order valence-corrected chi connectivity index (χ3v) is 7.76. The largest absolute Gasteiger partial charge is 0.489 e. The molecule has 0 amide bonds. The Morgan fingerprint density at radius 1 is 1.09 bits per heavy atom.